The molecule has 6 nitrogen and oxygen atoms in total. The summed E-state index contributed by atoms with van der Waals surface area (Å²) in [5, 5.41) is 11.9. The standard InChI is InChI=1S/C26H47N3O3/c1-2-3-4-5-6-7-8-9-10-11-12-13-14-15-16-17-18-19-25(30)29-24(26(31)32)20-23-21-27-22-28-23/h21-22,24H,2-20H2,1H3,(H,27,28)(H,29,30)(H,31,32)/t24-/m0/s1. The highest BCUT2D eigenvalue weighted by Crippen LogP contribution is 2.14. The second-order valence-corrected chi connectivity index (χ2v) is 9.15. The molecule has 0 saturated carbocycles. The summed E-state index contributed by atoms with van der Waals surface area (Å²) in [6.45, 7) is 2.27. The van der Waals surface area contributed by atoms with Crippen molar-refractivity contribution in [2.75, 3.05) is 0 Å². The Labute approximate surface area is 195 Å². The number of carboxylic acids is 1. The van der Waals surface area contributed by atoms with Gasteiger partial charge in [-0.25, -0.2) is 9.78 Å². The molecule has 32 heavy (non-hydrogen) atoms. The number of imidazole rings is 1. The van der Waals surface area contributed by atoms with Gasteiger partial charge in [-0.1, -0.05) is 110 Å². The third kappa shape index (κ3) is 15.9. The molecule has 0 spiro atoms. The van der Waals surface area contributed by atoms with Gasteiger partial charge in [0.25, 0.3) is 0 Å². The van der Waals surface area contributed by atoms with Gasteiger partial charge in [0.1, 0.15) is 6.04 Å². The van der Waals surface area contributed by atoms with Crippen molar-refractivity contribution >= 4 is 11.9 Å². The topological polar surface area (TPSA) is 95.1 Å². The van der Waals surface area contributed by atoms with Gasteiger partial charge in [-0.05, 0) is 6.42 Å². The van der Waals surface area contributed by atoms with Crippen LogP contribution >= 0.6 is 0 Å². The number of carbonyl (C=O) groups excluding carboxylic acids is 1. The van der Waals surface area contributed by atoms with Crippen LogP contribution in [-0.4, -0.2) is 33.0 Å². The van der Waals surface area contributed by atoms with E-state index in [0.717, 1.165) is 19.3 Å². The monoisotopic (exact) mass is 449 g/mol. The van der Waals surface area contributed by atoms with Gasteiger partial charge >= 0.3 is 5.97 Å². The van der Waals surface area contributed by atoms with Crippen molar-refractivity contribution < 1.29 is 14.7 Å². The molecule has 0 saturated heterocycles. The third-order valence-electron chi connectivity index (χ3n) is 6.12. The number of amides is 1. The van der Waals surface area contributed by atoms with Crippen LogP contribution in [0.1, 0.15) is 128 Å². The molecule has 184 valence electrons. The van der Waals surface area contributed by atoms with Gasteiger partial charge in [-0.3, -0.25) is 4.79 Å². The Kier molecular flexibility index (Phi) is 17.4. The molecule has 1 amide bonds. The summed E-state index contributed by atoms with van der Waals surface area (Å²) in [4.78, 5) is 30.1. The van der Waals surface area contributed by atoms with E-state index in [1.54, 1.807) is 6.20 Å². The maximum absolute atomic E-state index is 12.0. The highest BCUT2D eigenvalue weighted by molar-refractivity contribution is 5.83. The predicted molar refractivity (Wildman–Crippen MR) is 131 cm³/mol. The number of carbonyl (C=O) groups is 2. The third-order valence-corrected chi connectivity index (χ3v) is 6.12. The molecule has 0 radical (unpaired) electrons. The molecule has 3 N–H and O–H groups in total. The van der Waals surface area contributed by atoms with E-state index in [9.17, 15) is 14.7 Å². The highest BCUT2D eigenvalue weighted by Gasteiger charge is 2.20. The molecule has 0 unspecified atom stereocenters. The summed E-state index contributed by atoms with van der Waals surface area (Å²) in [5.74, 6) is -1.20. The number of nitrogens with one attached hydrogen (secondary N) is 2. The van der Waals surface area contributed by atoms with E-state index in [1.165, 1.54) is 96.2 Å². The summed E-state index contributed by atoms with van der Waals surface area (Å²) in [6, 6.07) is -0.909. The van der Waals surface area contributed by atoms with Gasteiger partial charge in [-0.2, -0.15) is 0 Å². The fourth-order valence-corrected chi connectivity index (χ4v) is 4.09. The zero-order valence-electron chi connectivity index (χ0n) is 20.4. The van der Waals surface area contributed by atoms with Gasteiger partial charge in [-0.15, -0.1) is 0 Å². The van der Waals surface area contributed by atoms with Gasteiger partial charge in [0.15, 0.2) is 0 Å². The molecule has 1 heterocycles. The Hall–Kier alpha value is -1.85. The number of hydrogen-bond donors (Lipinski definition) is 3. The van der Waals surface area contributed by atoms with Crippen LogP contribution < -0.4 is 5.32 Å². The van der Waals surface area contributed by atoms with Crippen molar-refractivity contribution in [3.05, 3.63) is 18.2 Å². The van der Waals surface area contributed by atoms with Gasteiger partial charge < -0.3 is 15.4 Å². The highest BCUT2D eigenvalue weighted by atomic mass is 16.4. The molecule has 1 atom stereocenters. The van der Waals surface area contributed by atoms with Crippen LogP contribution in [0.4, 0.5) is 0 Å². The summed E-state index contributed by atoms with van der Waals surface area (Å²) >= 11 is 0. The molecule has 0 bridgehead atoms. The maximum Gasteiger partial charge on any atom is 0.326 e. The van der Waals surface area contributed by atoms with E-state index in [1.807, 2.05) is 0 Å². The number of aliphatic carboxylic acids is 1. The van der Waals surface area contributed by atoms with E-state index in [2.05, 4.69) is 22.2 Å². The van der Waals surface area contributed by atoms with Crippen molar-refractivity contribution in [1.29, 1.82) is 0 Å². The van der Waals surface area contributed by atoms with E-state index in [0.29, 0.717) is 12.1 Å². The summed E-state index contributed by atoms with van der Waals surface area (Å²) < 4.78 is 0. The van der Waals surface area contributed by atoms with Crippen molar-refractivity contribution in [2.45, 2.75) is 135 Å². The molecule has 1 aromatic rings. The summed E-state index contributed by atoms with van der Waals surface area (Å²) in [5.41, 5.74) is 0.704. The average Bonchev–Trinajstić information content (AvgIpc) is 3.28. The minimum atomic E-state index is -1.02. The molecule has 0 aromatic carbocycles. The molecule has 0 aliphatic rings. The molecule has 0 aliphatic carbocycles. The molecule has 0 aliphatic heterocycles. The number of hydrogen-bond acceptors (Lipinski definition) is 3. The lowest BCUT2D eigenvalue weighted by molar-refractivity contribution is -0.141. The van der Waals surface area contributed by atoms with Crippen molar-refractivity contribution in [1.82, 2.24) is 15.3 Å². The molecular weight excluding hydrogens is 402 g/mol. The first-order chi connectivity index (χ1) is 15.6. The molecule has 6 heteroatoms. The predicted octanol–water partition coefficient (Wildman–Crippen LogP) is 6.56. The molecular formula is C26H47N3O3. The fraction of sp³-hybridized carbons (Fsp3) is 0.808. The number of nitrogens with zero attached hydrogens (tertiary/aromatic N) is 1. The van der Waals surface area contributed by atoms with Crippen LogP contribution in [0.25, 0.3) is 0 Å². The van der Waals surface area contributed by atoms with E-state index in [4.69, 9.17) is 0 Å². The number of rotatable bonds is 22. The first kappa shape index (κ1) is 28.2. The van der Waals surface area contributed by atoms with Crippen molar-refractivity contribution in [2.24, 2.45) is 0 Å². The van der Waals surface area contributed by atoms with Gasteiger partial charge in [0.05, 0.1) is 6.33 Å². The van der Waals surface area contributed by atoms with Crippen LogP contribution in [0.15, 0.2) is 12.5 Å². The number of unbranched alkanes of at least 4 members (excludes halogenated alkanes) is 16. The Morgan fingerprint density at radius 1 is 0.844 bits per heavy atom. The van der Waals surface area contributed by atoms with Crippen molar-refractivity contribution in [3.8, 4) is 0 Å². The van der Waals surface area contributed by atoms with Crippen LogP contribution in [0.5, 0.6) is 0 Å². The first-order valence-corrected chi connectivity index (χ1v) is 13.1. The average molecular weight is 450 g/mol. The Morgan fingerprint density at radius 3 is 1.72 bits per heavy atom. The summed E-state index contributed by atoms with van der Waals surface area (Å²) in [7, 11) is 0. The van der Waals surface area contributed by atoms with Gasteiger partial charge in [0, 0.05) is 24.7 Å². The fourth-order valence-electron chi connectivity index (χ4n) is 4.09. The number of carboxylic acid groups (broad SMARTS) is 1. The number of aromatic nitrogens is 2. The van der Waals surface area contributed by atoms with Gasteiger partial charge in [0.2, 0.25) is 5.91 Å². The summed E-state index contributed by atoms with van der Waals surface area (Å²) in [6.07, 6.45) is 25.9. The van der Waals surface area contributed by atoms with Crippen LogP contribution in [0, 0.1) is 0 Å². The van der Waals surface area contributed by atoms with E-state index < -0.39 is 12.0 Å². The van der Waals surface area contributed by atoms with E-state index >= 15 is 0 Å². The lowest BCUT2D eigenvalue weighted by atomic mass is 10.0. The zero-order chi connectivity index (χ0) is 23.3. The SMILES string of the molecule is CCCCCCCCCCCCCCCCCCCC(=O)N[C@@H](Cc1cnc[nH]1)C(=O)O. The van der Waals surface area contributed by atoms with Crippen LogP contribution in [0.2, 0.25) is 0 Å². The number of H-pyrrole nitrogens is 1. The van der Waals surface area contributed by atoms with Crippen molar-refractivity contribution in [3.63, 3.8) is 0 Å². The maximum atomic E-state index is 12.0. The molecule has 0 fully saturated rings. The number of aromatic amines is 1. The largest absolute Gasteiger partial charge is 0.480 e. The normalized spacial score (nSPS) is 12.0. The Balaban J connectivity index is 1.87. The van der Waals surface area contributed by atoms with Crippen LogP contribution in [0.3, 0.4) is 0 Å². The van der Waals surface area contributed by atoms with E-state index in [-0.39, 0.29) is 12.3 Å². The zero-order valence-corrected chi connectivity index (χ0v) is 20.4. The second-order valence-electron chi connectivity index (χ2n) is 9.15. The second kappa shape index (κ2) is 19.8. The quantitative estimate of drug-likeness (QED) is 0.175. The van der Waals surface area contributed by atoms with Crippen LogP contribution in [-0.2, 0) is 16.0 Å². The Morgan fingerprint density at radius 2 is 1.31 bits per heavy atom. The lowest BCUT2D eigenvalue weighted by Gasteiger charge is -2.13. The lowest BCUT2D eigenvalue weighted by Crippen LogP contribution is -2.42. The molecule has 1 aromatic heterocycles. The minimum absolute atomic E-state index is 0.183. The minimum Gasteiger partial charge on any atom is -0.480 e. The Bertz CT molecular complexity index is 575. The smallest absolute Gasteiger partial charge is 0.326 e. The first-order valence-electron chi connectivity index (χ1n) is 13.1. The molecule has 1 rings (SSSR count).